The maximum absolute atomic E-state index is 13.5. The molecule has 0 bridgehead atoms. The zero-order valence-electron chi connectivity index (χ0n) is 16.5. The fraction of sp³-hybridized carbons (Fsp3) is 0.182. The molecule has 1 N–H and O–H groups in total. The van der Waals surface area contributed by atoms with Crippen molar-refractivity contribution in [3.8, 4) is 16.9 Å². The molecular formula is C22H19F2NO4S. The molecule has 3 rings (SSSR count). The summed E-state index contributed by atoms with van der Waals surface area (Å²) in [5.74, 6) is -2.92. The van der Waals surface area contributed by atoms with E-state index in [2.05, 4.69) is 5.32 Å². The molecule has 0 spiro atoms. The van der Waals surface area contributed by atoms with Crippen molar-refractivity contribution in [3.05, 3.63) is 70.1 Å². The highest BCUT2D eigenvalue weighted by Crippen LogP contribution is 2.40. The smallest absolute Gasteiger partial charge is 0.341 e. The summed E-state index contributed by atoms with van der Waals surface area (Å²) in [6.07, 6.45) is 0. The lowest BCUT2D eigenvalue weighted by molar-refractivity contribution is 0.0529. The van der Waals surface area contributed by atoms with E-state index in [0.717, 1.165) is 35.1 Å². The Hall–Kier alpha value is -3.26. The first kappa shape index (κ1) is 21.4. The normalized spacial score (nSPS) is 10.6. The molecule has 30 heavy (non-hydrogen) atoms. The largest absolute Gasteiger partial charge is 0.496 e. The summed E-state index contributed by atoms with van der Waals surface area (Å²) in [7, 11) is 1.52. The van der Waals surface area contributed by atoms with Gasteiger partial charge < -0.3 is 14.8 Å². The standard InChI is InChI=1S/C22H19F2NO4S/c1-4-29-22(27)19-15(14-9-12(2)5-8-18(14)28-3)11-30-21(19)25-20(26)13-6-7-16(23)17(24)10-13/h5-11H,4H2,1-3H3,(H,25,26). The van der Waals surface area contributed by atoms with Gasteiger partial charge in [0.05, 0.1) is 13.7 Å². The molecule has 0 aliphatic heterocycles. The number of thiophene rings is 1. The zero-order chi connectivity index (χ0) is 21.8. The van der Waals surface area contributed by atoms with Crippen molar-refractivity contribution < 1.29 is 27.8 Å². The van der Waals surface area contributed by atoms with Gasteiger partial charge in [0.1, 0.15) is 16.3 Å². The van der Waals surface area contributed by atoms with E-state index >= 15 is 0 Å². The number of esters is 1. The van der Waals surface area contributed by atoms with E-state index < -0.39 is 23.5 Å². The zero-order valence-corrected chi connectivity index (χ0v) is 17.4. The molecule has 0 saturated heterocycles. The molecule has 0 unspecified atom stereocenters. The monoisotopic (exact) mass is 431 g/mol. The summed E-state index contributed by atoms with van der Waals surface area (Å²) >= 11 is 1.12. The molecule has 8 heteroatoms. The minimum atomic E-state index is -1.13. The Balaban J connectivity index is 2.05. The summed E-state index contributed by atoms with van der Waals surface area (Å²) in [5.41, 5.74) is 2.26. The van der Waals surface area contributed by atoms with E-state index in [1.165, 1.54) is 7.11 Å². The van der Waals surface area contributed by atoms with Gasteiger partial charge in [-0.1, -0.05) is 11.6 Å². The number of nitrogens with one attached hydrogen (secondary N) is 1. The molecule has 0 fully saturated rings. The fourth-order valence-electron chi connectivity index (χ4n) is 2.90. The van der Waals surface area contributed by atoms with E-state index in [0.29, 0.717) is 16.9 Å². The predicted molar refractivity (Wildman–Crippen MR) is 111 cm³/mol. The molecule has 156 valence electrons. The molecule has 0 radical (unpaired) electrons. The highest BCUT2D eigenvalue weighted by Gasteiger charge is 2.25. The van der Waals surface area contributed by atoms with Crippen LogP contribution < -0.4 is 10.1 Å². The second kappa shape index (κ2) is 9.04. The van der Waals surface area contributed by atoms with Crippen LogP contribution >= 0.6 is 11.3 Å². The summed E-state index contributed by atoms with van der Waals surface area (Å²) in [5, 5.41) is 4.55. The van der Waals surface area contributed by atoms with Gasteiger partial charge in [0.2, 0.25) is 0 Å². The molecule has 1 aromatic heterocycles. The number of rotatable bonds is 6. The first-order valence-electron chi connectivity index (χ1n) is 9.05. The minimum Gasteiger partial charge on any atom is -0.496 e. The van der Waals surface area contributed by atoms with Crippen LogP contribution in [0, 0.1) is 18.6 Å². The first-order valence-corrected chi connectivity index (χ1v) is 9.93. The quantitative estimate of drug-likeness (QED) is 0.528. The average molecular weight is 431 g/mol. The molecule has 0 aliphatic rings. The molecule has 5 nitrogen and oxygen atoms in total. The Morgan fingerprint density at radius 3 is 2.50 bits per heavy atom. The Morgan fingerprint density at radius 1 is 1.07 bits per heavy atom. The van der Waals surface area contributed by atoms with Crippen molar-refractivity contribution in [3.63, 3.8) is 0 Å². The third-order valence-corrected chi connectivity index (χ3v) is 5.22. The van der Waals surface area contributed by atoms with Gasteiger partial charge in [0.15, 0.2) is 11.6 Å². The maximum Gasteiger partial charge on any atom is 0.341 e. The second-order valence-corrected chi connectivity index (χ2v) is 7.24. The molecule has 0 atom stereocenters. The number of aryl methyl sites for hydroxylation is 1. The number of methoxy groups -OCH3 is 1. The van der Waals surface area contributed by atoms with Crippen molar-refractivity contribution in [1.29, 1.82) is 0 Å². The first-order chi connectivity index (χ1) is 14.3. The number of anilines is 1. The van der Waals surface area contributed by atoms with Crippen molar-refractivity contribution in [2.24, 2.45) is 0 Å². The topological polar surface area (TPSA) is 64.6 Å². The Morgan fingerprint density at radius 2 is 1.83 bits per heavy atom. The Bertz CT molecular complexity index is 1110. The molecule has 3 aromatic rings. The number of carbonyl (C=O) groups excluding carboxylic acids is 2. The van der Waals surface area contributed by atoms with Crippen molar-refractivity contribution in [2.75, 3.05) is 19.0 Å². The van der Waals surface area contributed by atoms with Gasteiger partial charge in [-0.15, -0.1) is 11.3 Å². The Kier molecular flexibility index (Phi) is 6.47. The maximum atomic E-state index is 13.5. The van der Waals surface area contributed by atoms with Crippen LogP contribution in [0.4, 0.5) is 13.8 Å². The van der Waals surface area contributed by atoms with E-state index in [1.54, 1.807) is 18.4 Å². The van der Waals surface area contributed by atoms with Gasteiger partial charge >= 0.3 is 5.97 Å². The third-order valence-electron chi connectivity index (χ3n) is 4.32. The van der Waals surface area contributed by atoms with Gasteiger partial charge in [-0.2, -0.15) is 0 Å². The third kappa shape index (κ3) is 4.33. The minimum absolute atomic E-state index is 0.0770. The van der Waals surface area contributed by atoms with Crippen LogP contribution in [-0.2, 0) is 4.74 Å². The summed E-state index contributed by atoms with van der Waals surface area (Å²) in [6.45, 7) is 3.73. The van der Waals surface area contributed by atoms with E-state index in [4.69, 9.17) is 9.47 Å². The number of hydrogen-bond donors (Lipinski definition) is 1. The van der Waals surface area contributed by atoms with Crippen molar-refractivity contribution in [1.82, 2.24) is 0 Å². The molecule has 0 saturated carbocycles. The van der Waals surface area contributed by atoms with Gasteiger partial charge in [-0.3, -0.25) is 4.79 Å². The summed E-state index contributed by atoms with van der Waals surface area (Å²) in [6, 6.07) is 8.36. The van der Waals surface area contributed by atoms with Gasteiger partial charge in [0, 0.05) is 22.1 Å². The highest BCUT2D eigenvalue weighted by molar-refractivity contribution is 7.15. The average Bonchev–Trinajstić information content (AvgIpc) is 3.13. The highest BCUT2D eigenvalue weighted by atomic mass is 32.1. The number of carbonyl (C=O) groups is 2. The van der Waals surface area contributed by atoms with Gasteiger partial charge in [-0.25, -0.2) is 13.6 Å². The SMILES string of the molecule is CCOC(=O)c1c(-c2cc(C)ccc2OC)csc1NC(=O)c1ccc(F)c(F)c1. The van der Waals surface area contributed by atoms with Crippen molar-refractivity contribution in [2.45, 2.75) is 13.8 Å². The van der Waals surface area contributed by atoms with Crippen LogP contribution in [0.3, 0.4) is 0 Å². The van der Waals surface area contributed by atoms with E-state index in [9.17, 15) is 18.4 Å². The fourth-order valence-corrected chi connectivity index (χ4v) is 3.84. The van der Waals surface area contributed by atoms with Crippen LogP contribution in [0.25, 0.3) is 11.1 Å². The molecule has 0 aliphatic carbocycles. The van der Waals surface area contributed by atoms with Crippen LogP contribution in [-0.4, -0.2) is 25.6 Å². The summed E-state index contributed by atoms with van der Waals surface area (Å²) in [4.78, 5) is 25.3. The second-order valence-electron chi connectivity index (χ2n) is 6.36. The van der Waals surface area contributed by atoms with Crippen LogP contribution in [0.2, 0.25) is 0 Å². The molecule has 1 heterocycles. The molecule has 1 amide bonds. The lowest BCUT2D eigenvalue weighted by Gasteiger charge is -2.12. The number of halogens is 2. The van der Waals surface area contributed by atoms with Crippen LogP contribution in [0.5, 0.6) is 5.75 Å². The van der Waals surface area contributed by atoms with E-state index in [1.807, 2.05) is 19.1 Å². The number of benzene rings is 2. The Labute approximate surface area is 176 Å². The number of hydrogen-bond acceptors (Lipinski definition) is 5. The molecular weight excluding hydrogens is 412 g/mol. The van der Waals surface area contributed by atoms with Crippen LogP contribution in [0.1, 0.15) is 33.2 Å². The van der Waals surface area contributed by atoms with Gasteiger partial charge in [0.25, 0.3) is 5.91 Å². The summed E-state index contributed by atoms with van der Waals surface area (Å²) < 4.78 is 37.3. The van der Waals surface area contributed by atoms with Crippen LogP contribution in [0.15, 0.2) is 41.8 Å². The number of ether oxygens (including phenoxy) is 2. The van der Waals surface area contributed by atoms with Gasteiger partial charge in [-0.05, 0) is 44.2 Å². The lowest BCUT2D eigenvalue weighted by Crippen LogP contribution is -2.15. The number of amides is 1. The van der Waals surface area contributed by atoms with E-state index in [-0.39, 0.29) is 22.7 Å². The predicted octanol–water partition coefficient (Wildman–Crippen LogP) is 5.44. The van der Waals surface area contributed by atoms with Crippen molar-refractivity contribution >= 4 is 28.2 Å². The molecule has 2 aromatic carbocycles. The lowest BCUT2D eigenvalue weighted by atomic mass is 10.0.